The lowest BCUT2D eigenvalue weighted by Crippen LogP contribution is -2.09. The van der Waals surface area contributed by atoms with Crippen LogP contribution in [0.1, 0.15) is 5.56 Å². The second-order valence-corrected chi connectivity index (χ2v) is 2.52. The number of nitrogen functional groups attached to an aromatic ring is 1. The van der Waals surface area contributed by atoms with E-state index < -0.39 is 0 Å². The van der Waals surface area contributed by atoms with E-state index in [0.29, 0.717) is 5.56 Å². The van der Waals surface area contributed by atoms with Crippen LogP contribution in [-0.4, -0.2) is 15.8 Å². The van der Waals surface area contributed by atoms with Crippen molar-refractivity contribution in [2.75, 3.05) is 0 Å². The van der Waals surface area contributed by atoms with Crippen LogP contribution in [0.4, 0.5) is 0 Å². The zero-order chi connectivity index (χ0) is 8.55. The largest absolute Gasteiger partial charge is 0.384 e. The van der Waals surface area contributed by atoms with E-state index in [1.807, 2.05) is 12.1 Å². The summed E-state index contributed by atoms with van der Waals surface area (Å²) in [4.78, 5) is 7.01. The molecule has 0 saturated heterocycles. The lowest BCUT2D eigenvalue weighted by Gasteiger charge is -1.92. The second kappa shape index (κ2) is 2.34. The van der Waals surface area contributed by atoms with Gasteiger partial charge in [-0.2, -0.15) is 0 Å². The van der Waals surface area contributed by atoms with Crippen molar-refractivity contribution in [1.29, 1.82) is 5.41 Å². The van der Waals surface area contributed by atoms with Gasteiger partial charge in [0.15, 0.2) is 0 Å². The van der Waals surface area contributed by atoms with Crippen LogP contribution < -0.4 is 5.73 Å². The number of hydrogen-bond donors (Lipinski definition) is 3. The molecule has 2 rings (SSSR count). The second-order valence-electron chi connectivity index (χ2n) is 2.52. The first kappa shape index (κ1) is 6.84. The number of nitrogens with zero attached hydrogens (tertiary/aromatic N) is 1. The van der Waals surface area contributed by atoms with Crippen LogP contribution in [0.5, 0.6) is 0 Å². The molecule has 0 spiro atoms. The van der Waals surface area contributed by atoms with E-state index in [0.717, 1.165) is 11.0 Å². The molecule has 0 radical (unpaired) electrons. The summed E-state index contributed by atoms with van der Waals surface area (Å²) in [6.07, 6.45) is 3.39. The van der Waals surface area contributed by atoms with Crippen LogP contribution in [0.2, 0.25) is 0 Å². The minimum Gasteiger partial charge on any atom is -0.384 e. The highest BCUT2D eigenvalue weighted by molar-refractivity contribution is 6.06. The molecule has 0 amide bonds. The zero-order valence-electron chi connectivity index (χ0n) is 6.33. The minimum absolute atomic E-state index is 0.0641. The molecule has 4 N–H and O–H groups in total. The van der Waals surface area contributed by atoms with Gasteiger partial charge in [0.05, 0.1) is 0 Å². The molecule has 0 aliphatic carbocycles. The molecule has 4 nitrogen and oxygen atoms in total. The number of nitrogens with two attached hydrogens (primary N) is 1. The van der Waals surface area contributed by atoms with Crippen molar-refractivity contribution >= 4 is 16.9 Å². The smallest absolute Gasteiger partial charge is 0.137 e. The number of aromatic nitrogens is 2. The Balaban J connectivity index is 2.79. The van der Waals surface area contributed by atoms with E-state index >= 15 is 0 Å². The number of rotatable bonds is 1. The first-order valence-electron chi connectivity index (χ1n) is 3.55. The number of nitrogens with one attached hydrogen (secondary N) is 2. The van der Waals surface area contributed by atoms with Gasteiger partial charge in [0.1, 0.15) is 11.5 Å². The van der Waals surface area contributed by atoms with Gasteiger partial charge in [0.2, 0.25) is 0 Å². The lowest BCUT2D eigenvalue weighted by molar-refractivity contribution is 1.32. The number of hydrogen-bond acceptors (Lipinski definition) is 2. The predicted molar refractivity (Wildman–Crippen MR) is 47.1 cm³/mol. The molecule has 0 bridgehead atoms. The van der Waals surface area contributed by atoms with Crippen molar-refractivity contribution in [2.45, 2.75) is 0 Å². The van der Waals surface area contributed by atoms with E-state index in [2.05, 4.69) is 9.97 Å². The molecule has 4 heteroatoms. The summed E-state index contributed by atoms with van der Waals surface area (Å²) in [6.45, 7) is 0. The van der Waals surface area contributed by atoms with Gasteiger partial charge in [0.25, 0.3) is 0 Å². The maximum Gasteiger partial charge on any atom is 0.137 e. The third-order valence-electron chi connectivity index (χ3n) is 1.74. The average molecular weight is 160 g/mol. The van der Waals surface area contributed by atoms with Gasteiger partial charge in [-0.15, -0.1) is 0 Å². The third kappa shape index (κ3) is 0.852. The Morgan fingerprint density at radius 3 is 3.17 bits per heavy atom. The van der Waals surface area contributed by atoms with Crippen LogP contribution in [0.15, 0.2) is 24.5 Å². The average Bonchev–Trinajstić information content (AvgIpc) is 2.47. The number of H-pyrrole nitrogens is 1. The molecule has 0 saturated carbocycles. The van der Waals surface area contributed by atoms with Crippen molar-refractivity contribution < 1.29 is 0 Å². The molecular weight excluding hydrogens is 152 g/mol. The quantitative estimate of drug-likeness (QED) is 0.427. The molecular formula is C8H8N4. The highest BCUT2D eigenvalue weighted by Gasteiger charge is 2.04. The molecule has 60 valence electrons. The fraction of sp³-hybridized carbons (Fsp3) is 0. The molecule has 0 aromatic carbocycles. The monoisotopic (exact) mass is 160 g/mol. The summed E-state index contributed by atoms with van der Waals surface area (Å²) in [5.74, 6) is 0.0641. The molecule has 0 aliphatic rings. The number of aromatic amines is 1. The van der Waals surface area contributed by atoms with Gasteiger partial charge < -0.3 is 10.7 Å². The lowest BCUT2D eigenvalue weighted by atomic mass is 10.2. The number of fused-ring (bicyclic) bond motifs is 1. The predicted octanol–water partition coefficient (Wildman–Crippen LogP) is 0.847. The minimum atomic E-state index is 0.0641. The normalized spacial score (nSPS) is 10.3. The van der Waals surface area contributed by atoms with Gasteiger partial charge >= 0.3 is 0 Å². The fourth-order valence-electron chi connectivity index (χ4n) is 1.18. The Morgan fingerprint density at radius 2 is 2.42 bits per heavy atom. The van der Waals surface area contributed by atoms with E-state index in [4.69, 9.17) is 11.1 Å². The van der Waals surface area contributed by atoms with Gasteiger partial charge in [-0.25, -0.2) is 4.98 Å². The third-order valence-corrected chi connectivity index (χ3v) is 1.74. The standard InChI is InChI=1S/C8H8N4/c9-7(10)6-4-12-8-5(6)2-1-3-11-8/h1-4H,(H3,9,10)(H,11,12). The Kier molecular flexibility index (Phi) is 1.33. The molecule has 0 unspecified atom stereocenters. The summed E-state index contributed by atoms with van der Waals surface area (Å²) in [5.41, 5.74) is 6.83. The number of pyridine rings is 1. The molecule has 0 fully saturated rings. The summed E-state index contributed by atoms with van der Waals surface area (Å²) in [5, 5.41) is 8.16. The van der Waals surface area contributed by atoms with Crippen LogP contribution in [0.3, 0.4) is 0 Å². The molecule has 0 aliphatic heterocycles. The summed E-state index contributed by atoms with van der Waals surface area (Å²) < 4.78 is 0. The van der Waals surface area contributed by atoms with Crippen molar-refractivity contribution in [3.05, 3.63) is 30.1 Å². The van der Waals surface area contributed by atoms with Crippen molar-refractivity contribution in [3.63, 3.8) is 0 Å². The van der Waals surface area contributed by atoms with Crippen LogP contribution in [0, 0.1) is 5.41 Å². The first-order valence-corrected chi connectivity index (χ1v) is 3.55. The number of amidine groups is 1. The van der Waals surface area contributed by atoms with Gasteiger partial charge in [0, 0.05) is 23.3 Å². The van der Waals surface area contributed by atoms with Gasteiger partial charge in [-0.3, -0.25) is 5.41 Å². The van der Waals surface area contributed by atoms with E-state index in [1.54, 1.807) is 12.4 Å². The Bertz CT molecular complexity index is 429. The molecule has 0 atom stereocenters. The molecule has 2 heterocycles. The maximum absolute atomic E-state index is 7.26. The Labute approximate surface area is 68.9 Å². The maximum atomic E-state index is 7.26. The summed E-state index contributed by atoms with van der Waals surface area (Å²) >= 11 is 0. The molecule has 2 aromatic rings. The van der Waals surface area contributed by atoms with Gasteiger partial charge in [-0.1, -0.05) is 0 Å². The van der Waals surface area contributed by atoms with Crippen molar-refractivity contribution in [3.8, 4) is 0 Å². The van der Waals surface area contributed by atoms with Crippen LogP contribution in [0.25, 0.3) is 11.0 Å². The highest BCUT2D eigenvalue weighted by Crippen LogP contribution is 2.14. The zero-order valence-corrected chi connectivity index (χ0v) is 6.33. The topological polar surface area (TPSA) is 78.5 Å². The van der Waals surface area contributed by atoms with Crippen LogP contribution in [-0.2, 0) is 0 Å². The van der Waals surface area contributed by atoms with E-state index in [1.165, 1.54) is 0 Å². The summed E-state index contributed by atoms with van der Waals surface area (Å²) in [7, 11) is 0. The van der Waals surface area contributed by atoms with E-state index in [-0.39, 0.29) is 5.84 Å². The molecule has 12 heavy (non-hydrogen) atoms. The molecule has 2 aromatic heterocycles. The Hall–Kier alpha value is -1.84. The first-order chi connectivity index (χ1) is 5.79. The Morgan fingerprint density at radius 1 is 1.58 bits per heavy atom. The summed E-state index contributed by atoms with van der Waals surface area (Å²) in [6, 6.07) is 3.71. The fourth-order valence-corrected chi connectivity index (χ4v) is 1.18. The van der Waals surface area contributed by atoms with Crippen LogP contribution >= 0.6 is 0 Å². The van der Waals surface area contributed by atoms with Crippen molar-refractivity contribution in [1.82, 2.24) is 9.97 Å². The van der Waals surface area contributed by atoms with Gasteiger partial charge in [-0.05, 0) is 12.1 Å². The SMILES string of the molecule is N=C(N)c1c[nH]c2ncccc12. The van der Waals surface area contributed by atoms with E-state index in [9.17, 15) is 0 Å². The highest BCUT2D eigenvalue weighted by atomic mass is 14.8. The van der Waals surface area contributed by atoms with Crippen molar-refractivity contribution in [2.24, 2.45) is 5.73 Å².